The van der Waals surface area contributed by atoms with Crippen LogP contribution >= 0.6 is 0 Å². The van der Waals surface area contributed by atoms with Gasteiger partial charge in [0.1, 0.15) is 5.69 Å². The van der Waals surface area contributed by atoms with E-state index in [0.717, 1.165) is 5.56 Å². The van der Waals surface area contributed by atoms with Crippen LogP contribution in [0.3, 0.4) is 0 Å². The van der Waals surface area contributed by atoms with E-state index < -0.39 is 5.97 Å². The Labute approximate surface area is 158 Å². The minimum Gasteiger partial charge on any atom is -0.464 e. The molecule has 2 aromatic rings. The maximum absolute atomic E-state index is 13.0. The van der Waals surface area contributed by atoms with Crippen LogP contribution in [0.15, 0.2) is 24.5 Å². The number of methoxy groups -OCH3 is 1. The van der Waals surface area contributed by atoms with Crippen molar-refractivity contribution in [2.45, 2.75) is 40.8 Å². The number of carbonyl (C=O) groups is 3. The molecule has 0 aliphatic carbocycles. The van der Waals surface area contributed by atoms with Gasteiger partial charge in [0, 0.05) is 43.7 Å². The zero-order valence-electron chi connectivity index (χ0n) is 16.4. The van der Waals surface area contributed by atoms with E-state index in [-0.39, 0.29) is 18.2 Å². The molecule has 0 bridgehead atoms. The lowest BCUT2D eigenvalue weighted by Gasteiger charge is -2.20. The number of rotatable bonds is 7. The highest BCUT2D eigenvalue weighted by atomic mass is 16.5. The summed E-state index contributed by atoms with van der Waals surface area (Å²) in [7, 11) is 1.32. The van der Waals surface area contributed by atoms with E-state index in [1.165, 1.54) is 18.9 Å². The number of nitrogens with zero attached hydrogens (tertiary/aromatic N) is 3. The Morgan fingerprint density at radius 1 is 1.26 bits per heavy atom. The summed E-state index contributed by atoms with van der Waals surface area (Å²) in [6.07, 6.45) is 3.32. The van der Waals surface area contributed by atoms with Crippen LogP contribution in [0.4, 0.5) is 0 Å². The predicted molar refractivity (Wildman–Crippen MR) is 101 cm³/mol. The van der Waals surface area contributed by atoms with Gasteiger partial charge < -0.3 is 14.2 Å². The number of ether oxygens (including phenoxy) is 1. The summed E-state index contributed by atoms with van der Waals surface area (Å²) in [6.45, 7) is 7.63. The number of aromatic nitrogens is 2. The quantitative estimate of drug-likeness (QED) is 0.552. The SMILES string of the molecule is CCn1c(C)c(C(=O)CN(Cc2cccnc2)C(C)=O)c(C)c1C(=O)OC. The Morgan fingerprint density at radius 2 is 1.96 bits per heavy atom. The summed E-state index contributed by atoms with van der Waals surface area (Å²) in [6, 6.07) is 3.64. The molecule has 0 fully saturated rings. The number of esters is 1. The summed E-state index contributed by atoms with van der Waals surface area (Å²) in [5.41, 5.74) is 2.97. The van der Waals surface area contributed by atoms with Crippen molar-refractivity contribution in [1.82, 2.24) is 14.5 Å². The largest absolute Gasteiger partial charge is 0.464 e. The van der Waals surface area contributed by atoms with Gasteiger partial charge in [0.15, 0.2) is 5.78 Å². The maximum atomic E-state index is 13.0. The fraction of sp³-hybridized carbons (Fsp3) is 0.400. The fourth-order valence-corrected chi connectivity index (χ4v) is 3.30. The van der Waals surface area contributed by atoms with E-state index in [1.54, 1.807) is 36.9 Å². The molecule has 2 aromatic heterocycles. The normalized spacial score (nSPS) is 10.6. The molecule has 0 unspecified atom stereocenters. The molecule has 0 saturated carbocycles. The number of carbonyl (C=O) groups excluding carboxylic acids is 3. The van der Waals surface area contributed by atoms with Crippen LogP contribution in [0.5, 0.6) is 0 Å². The molecule has 2 rings (SSSR count). The van der Waals surface area contributed by atoms with Crippen molar-refractivity contribution in [2.24, 2.45) is 0 Å². The summed E-state index contributed by atoms with van der Waals surface area (Å²) < 4.78 is 6.63. The van der Waals surface area contributed by atoms with Crippen molar-refractivity contribution in [1.29, 1.82) is 0 Å². The minimum absolute atomic E-state index is 0.0692. The number of amides is 1. The first-order chi connectivity index (χ1) is 12.8. The monoisotopic (exact) mass is 371 g/mol. The zero-order valence-corrected chi connectivity index (χ0v) is 16.4. The van der Waals surface area contributed by atoms with Gasteiger partial charge in [0.2, 0.25) is 5.91 Å². The molecule has 144 valence electrons. The highest BCUT2D eigenvalue weighted by molar-refractivity contribution is 6.04. The molecule has 1 amide bonds. The highest BCUT2D eigenvalue weighted by Gasteiger charge is 2.27. The Morgan fingerprint density at radius 3 is 2.48 bits per heavy atom. The third-order valence-corrected chi connectivity index (χ3v) is 4.62. The van der Waals surface area contributed by atoms with Crippen LogP contribution in [0.1, 0.15) is 51.5 Å². The van der Waals surface area contributed by atoms with Crippen LogP contribution in [0.25, 0.3) is 0 Å². The highest BCUT2D eigenvalue weighted by Crippen LogP contribution is 2.24. The summed E-state index contributed by atoms with van der Waals surface area (Å²) in [5.74, 6) is -0.887. The Hall–Kier alpha value is -2.96. The van der Waals surface area contributed by atoms with E-state index in [2.05, 4.69) is 4.98 Å². The lowest BCUT2D eigenvalue weighted by Crippen LogP contribution is -2.34. The Balaban J connectivity index is 2.34. The molecule has 0 aliphatic heterocycles. The van der Waals surface area contributed by atoms with Crippen molar-refractivity contribution >= 4 is 17.7 Å². The molecule has 0 radical (unpaired) electrons. The number of Topliss-reactive ketones (excluding diaryl/α,β-unsaturated/α-hetero) is 1. The average Bonchev–Trinajstić information content (AvgIpc) is 2.90. The number of hydrogen-bond acceptors (Lipinski definition) is 5. The van der Waals surface area contributed by atoms with Crippen molar-refractivity contribution in [3.05, 3.63) is 52.6 Å². The molecule has 7 heteroatoms. The topological polar surface area (TPSA) is 81.5 Å². The standard InChI is InChI=1S/C20H25N3O4/c1-6-23-14(3)18(13(2)19(23)20(26)27-5)17(25)12-22(15(4)24)11-16-8-7-9-21-10-16/h7-10H,6,11-12H2,1-5H3. The van der Waals surface area contributed by atoms with Crippen LogP contribution in [0.2, 0.25) is 0 Å². The summed E-state index contributed by atoms with van der Waals surface area (Å²) in [4.78, 5) is 42.7. The van der Waals surface area contributed by atoms with Crippen LogP contribution in [0, 0.1) is 13.8 Å². The van der Waals surface area contributed by atoms with Crippen molar-refractivity contribution < 1.29 is 19.1 Å². The van der Waals surface area contributed by atoms with Gasteiger partial charge in [-0.2, -0.15) is 0 Å². The van der Waals surface area contributed by atoms with Crippen molar-refractivity contribution in [2.75, 3.05) is 13.7 Å². The maximum Gasteiger partial charge on any atom is 0.354 e. The first kappa shape index (κ1) is 20.4. The molecule has 7 nitrogen and oxygen atoms in total. The second-order valence-electron chi connectivity index (χ2n) is 6.33. The third kappa shape index (κ3) is 4.24. The van der Waals surface area contributed by atoms with Crippen molar-refractivity contribution in [3.63, 3.8) is 0 Å². The van der Waals surface area contributed by atoms with Gasteiger partial charge >= 0.3 is 5.97 Å². The van der Waals surface area contributed by atoms with Gasteiger partial charge in [-0.1, -0.05) is 6.07 Å². The molecule has 0 saturated heterocycles. The van der Waals surface area contributed by atoms with Gasteiger partial charge in [0.05, 0.1) is 13.7 Å². The molecular formula is C20H25N3O4. The molecule has 0 aliphatic rings. The smallest absolute Gasteiger partial charge is 0.354 e. The molecular weight excluding hydrogens is 346 g/mol. The number of pyridine rings is 1. The van der Waals surface area contributed by atoms with E-state index in [4.69, 9.17) is 4.74 Å². The minimum atomic E-state index is -0.477. The molecule has 0 N–H and O–H groups in total. The van der Waals surface area contributed by atoms with Gasteiger partial charge in [-0.25, -0.2) is 4.79 Å². The lowest BCUT2D eigenvalue weighted by molar-refractivity contribution is -0.129. The van der Waals surface area contributed by atoms with Crippen molar-refractivity contribution in [3.8, 4) is 0 Å². The van der Waals surface area contributed by atoms with E-state index in [0.29, 0.717) is 35.6 Å². The number of ketones is 1. The van der Waals surface area contributed by atoms with Gasteiger partial charge in [0.25, 0.3) is 0 Å². The fourth-order valence-electron chi connectivity index (χ4n) is 3.30. The summed E-state index contributed by atoms with van der Waals surface area (Å²) in [5, 5.41) is 0. The molecule has 27 heavy (non-hydrogen) atoms. The van der Waals surface area contributed by atoms with E-state index in [1.807, 2.05) is 13.0 Å². The Bertz CT molecular complexity index is 856. The van der Waals surface area contributed by atoms with E-state index >= 15 is 0 Å². The summed E-state index contributed by atoms with van der Waals surface area (Å²) >= 11 is 0. The first-order valence-electron chi connectivity index (χ1n) is 8.77. The molecule has 0 aromatic carbocycles. The van der Waals surface area contributed by atoms with Crippen LogP contribution in [-0.4, -0.2) is 45.8 Å². The van der Waals surface area contributed by atoms with Crippen LogP contribution < -0.4 is 0 Å². The zero-order chi connectivity index (χ0) is 20.1. The number of hydrogen-bond donors (Lipinski definition) is 0. The Kier molecular flexibility index (Phi) is 6.50. The average molecular weight is 371 g/mol. The predicted octanol–water partition coefficient (Wildman–Crippen LogP) is 2.54. The molecule has 0 spiro atoms. The first-order valence-corrected chi connectivity index (χ1v) is 8.77. The van der Waals surface area contributed by atoms with Crippen LogP contribution in [-0.2, 0) is 22.6 Å². The van der Waals surface area contributed by atoms with Gasteiger partial charge in [-0.05, 0) is 38.0 Å². The van der Waals surface area contributed by atoms with E-state index in [9.17, 15) is 14.4 Å². The lowest BCUT2D eigenvalue weighted by atomic mass is 10.0. The molecule has 2 heterocycles. The molecule has 0 atom stereocenters. The third-order valence-electron chi connectivity index (χ3n) is 4.62. The van der Waals surface area contributed by atoms with Gasteiger partial charge in [-0.3, -0.25) is 14.6 Å². The second-order valence-corrected chi connectivity index (χ2v) is 6.33. The van der Waals surface area contributed by atoms with Gasteiger partial charge in [-0.15, -0.1) is 0 Å². The second kappa shape index (κ2) is 8.62.